The average molecular weight is 375 g/mol. The van der Waals surface area contributed by atoms with Crippen molar-refractivity contribution in [1.29, 1.82) is 0 Å². The quantitative estimate of drug-likeness (QED) is 0.518. The summed E-state index contributed by atoms with van der Waals surface area (Å²) in [7, 11) is 0. The zero-order valence-electron chi connectivity index (χ0n) is 15.0. The van der Waals surface area contributed by atoms with Gasteiger partial charge in [0.1, 0.15) is 5.75 Å². The van der Waals surface area contributed by atoms with Crippen LogP contribution in [0.2, 0.25) is 0 Å². The number of fused-ring (bicyclic) bond motifs is 2. The van der Waals surface area contributed by atoms with Crippen LogP contribution in [0, 0.1) is 5.92 Å². The first-order valence-corrected chi connectivity index (χ1v) is 9.08. The van der Waals surface area contributed by atoms with Crippen LogP contribution < -0.4 is 19.1 Å². The first-order chi connectivity index (χ1) is 13.7. The largest absolute Gasteiger partial charge is 0.454 e. The third-order valence-electron chi connectivity index (χ3n) is 5.08. The maximum atomic E-state index is 12.6. The molecule has 1 fully saturated rings. The smallest absolute Gasteiger partial charge is 0.316 e. The van der Waals surface area contributed by atoms with Crippen LogP contribution in [0.3, 0.4) is 0 Å². The molecule has 0 spiro atoms. The van der Waals surface area contributed by atoms with Crippen molar-refractivity contribution < 1.29 is 23.8 Å². The first-order valence-electron chi connectivity index (χ1n) is 9.08. The van der Waals surface area contributed by atoms with E-state index in [1.54, 1.807) is 23.1 Å². The molecule has 6 heteroatoms. The predicted octanol–water partition coefficient (Wildman–Crippen LogP) is 3.53. The normalized spacial score (nSPS) is 17.9. The lowest BCUT2D eigenvalue weighted by molar-refractivity contribution is -0.139. The van der Waals surface area contributed by atoms with Gasteiger partial charge in [0.05, 0.1) is 11.6 Å². The van der Waals surface area contributed by atoms with Crippen molar-refractivity contribution in [1.82, 2.24) is 0 Å². The van der Waals surface area contributed by atoms with Gasteiger partial charge in [-0.15, -0.1) is 0 Å². The monoisotopic (exact) mass is 375 g/mol. The minimum absolute atomic E-state index is 0.0796. The highest BCUT2D eigenvalue weighted by molar-refractivity contribution is 6.06. The van der Waals surface area contributed by atoms with Gasteiger partial charge in [0.2, 0.25) is 12.7 Å². The van der Waals surface area contributed by atoms with Crippen molar-refractivity contribution in [3.05, 3.63) is 60.7 Å². The third-order valence-corrected chi connectivity index (χ3v) is 5.08. The Hall–Kier alpha value is -3.54. The summed E-state index contributed by atoms with van der Waals surface area (Å²) in [5, 5.41) is 2.04. The van der Waals surface area contributed by atoms with Gasteiger partial charge in [-0.3, -0.25) is 9.59 Å². The number of anilines is 1. The summed E-state index contributed by atoms with van der Waals surface area (Å²) in [5.74, 6) is 0.532. The Kier molecular flexibility index (Phi) is 3.90. The van der Waals surface area contributed by atoms with Gasteiger partial charge in [-0.25, -0.2) is 0 Å². The number of amides is 1. The molecular weight excluding hydrogens is 358 g/mol. The maximum absolute atomic E-state index is 12.6. The Bertz CT molecular complexity index is 1090. The molecule has 2 aliphatic heterocycles. The number of rotatable bonds is 3. The lowest BCUT2D eigenvalue weighted by atomic mass is 10.1. The standard InChI is InChI=1S/C22H17NO5/c24-21-10-15(22(25)28-16-8-9-19-20(11-16)27-13-26-19)12-23(21)18-7-3-5-14-4-1-2-6-17(14)18/h1-9,11,15H,10,12-13H2/t15-/m1/s1. The third kappa shape index (κ3) is 2.83. The van der Waals surface area contributed by atoms with Crippen molar-refractivity contribution in [3.8, 4) is 17.2 Å². The van der Waals surface area contributed by atoms with E-state index in [1.165, 1.54) is 0 Å². The van der Waals surface area contributed by atoms with E-state index in [1.807, 2.05) is 42.5 Å². The SMILES string of the molecule is O=C(Oc1ccc2c(c1)OCO2)[C@@H]1CC(=O)N(c2cccc3ccccc23)C1. The van der Waals surface area contributed by atoms with Crippen LogP contribution in [-0.2, 0) is 9.59 Å². The second kappa shape index (κ2) is 6.56. The Labute approximate surface area is 161 Å². The highest BCUT2D eigenvalue weighted by Crippen LogP contribution is 2.36. The van der Waals surface area contributed by atoms with E-state index in [-0.39, 0.29) is 19.1 Å². The highest BCUT2D eigenvalue weighted by atomic mass is 16.7. The first kappa shape index (κ1) is 16.6. The molecule has 0 aliphatic carbocycles. The predicted molar refractivity (Wildman–Crippen MR) is 103 cm³/mol. The van der Waals surface area contributed by atoms with Crippen molar-refractivity contribution in [2.45, 2.75) is 6.42 Å². The Morgan fingerprint density at radius 3 is 2.75 bits per heavy atom. The number of benzene rings is 3. The maximum Gasteiger partial charge on any atom is 0.316 e. The Morgan fingerprint density at radius 2 is 1.82 bits per heavy atom. The van der Waals surface area contributed by atoms with Crippen LogP contribution in [0.25, 0.3) is 10.8 Å². The molecule has 0 unspecified atom stereocenters. The van der Waals surface area contributed by atoms with Crippen LogP contribution in [0.1, 0.15) is 6.42 Å². The molecule has 6 nitrogen and oxygen atoms in total. The molecule has 3 aromatic rings. The average Bonchev–Trinajstić information content (AvgIpc) is 3.33. The number of hydrogen-bond acceptors (Lipinski definition) is 5. The lowest BCUT2D eigenvalue weighted by Gasteiger charge is -2.18. The summed E-state index contributed by atoms with van der Waals surface area (Å²) in [6, 6.07) is 18.7. The molecular formula is C22H17NO5. The van der Waals surface area contributed by atoms with Gasteiger partial charge in [0, 0.05) is 24.4 Å². The van der Waals surface area contributed by atoms with Crippen molar-refractivity contribution in [2.24, 2.45) is 5.92 Å². The van der Waals surface area contributed by atoms with Crippen LogP contribution in [-0.4, -0.2) is 25.2 Å². The van der Waals surface area contributed by atoms with Gasteiger partial charge in [-0.2, -0.15) is 0 Å². The zero-order chi connectivity index (χ0) is 19.1. The number of esters is 1. The molecule has 1 atom stereocenters. The van der Waals surface area contributed by atoms with E-state index in [0.29, 0.717) is 23.8 Å². The summed E-state index contributed by atoms with van der Waals surface area (Å²) in [4.78, 5) is 26.9. The number of nitrogens with zero attached hydrogens (tertiary/aromatic N) is 1. The fourth-order valence-electron chi connectivity index (χ4n) is 3.68. The summed E-state index contributed by atoms with van der Waals surface area (Å²) < 4.78 is 16.0. The van der Waals surface area contributed by atoms with Crippen molar-refractivity contribution in [2.75, 3.05) is 18.2 Å². The summed E-state index contributed by atoms with van der Waals surface area (Å²) in [5.41, 5.74) is 0.821. The van der Waals surface area contributed by atoms with Crippen LogP contribution in [0.5, 0.6) is 17.2 Å². The molecule has 1 saturated heterocycles. The van der Waals surface area contributed by atoms with E-state index >= 15 is 0 Å². The topological polar surface area (TPSA) is 65.1 Å². The van der Waals surface area contributed by atoms with E-state index in [9.17, 15) is 9.59 Å². The lowest BCUT2D eigenvalue weighted by Crippen LogP contribution is -2.27. The van der Waals surface area contributed by atoms with Crippen LogP contribution >= 0.6 is 0 Å². The number of ether oxygens (including phenoxy) is 3. The van der Waals surface area contributed by atoms with Crippen LogP contribution in [0.4, 0.5) is 5.69 Å². The molecule has 3 aromatic carbocycles. The van der Waals surface area contributed by atoms with Gasteiger partial charge >= 0.3 is 5.97 Å². The molecule has 0 aromatic heterocycles. The zero-order valence-corrected chi connectivity index (χ0v) is 15.0. The van der Waals surface area contributed by atoms with Gasteiger partial charge in [-0.1, -0.05) is 36.4 Å². The van der Waals surface area contributed by atoms with Crippen molar-refractivity contribution >= 4 is 28.3 Å². The van der Waals surface area contributed by atoms with Gasteiger partial charge in [0.15, 0.2) is 11.5 Å². The summed E-state index contributed by atoms with van der Waals surface area (Å²) in [6.45, 7) is 0.458. The molecule has 140 valence electrons. The molecule has 2 heterocycles. The number of carbonyl (C=O) groups is 2. The van der Waals surface area contributed by atoms with Crippen LogP contribution in [0.15, 0.2) is 60.7 Å². The molecule has 1 amide bonds. The van der Waals surface area contributed by atoms with Gasteiger partial charge in [-0.05, 0) is 23.6 Å². The van der Waals surface area contributed by atoms with Gasteiger partial charge < -0.3 is 19.1 Å². The highest BCUT2D eigenvalue weighted by Gasteiger charge is 2.37. The van der Waals surface area contributed by atoms with E-state index in [4.69, 9.17) is 14.2 Å². The Balaban J connectivity index is 1.35. The second-order valence-electron chi connectivity index (χ2n) is 6.84. The second-order valence-corrected chi connectivity index (χ2v) is 6.84. The Morgan fingerprint density at radius 1 is 1.00 bits per heavy atom. The fourth-order valence-corrected chi connectivity index (χ4v) is 3.68. The number of carbonyl (C=O) groups excluding carboxylic acids is 2. The minimum atomic E-state index is -0.517. The molecule has 28 heavy (non-hydrogen) atoms. The van der Waals surface area contributed by atoms with E-state index < -0.39 is 11.9 Å². The molecule has 0 bridgehead atoms. The van der Waals surface area contributed by atoms with E-state index in [2.05, 4.69) is 0 Å². The summed E-state index contributed by atoms with van der Waals surface area (Å²) >= 11 is 0. The van der Waals surface area contributed by atoms with Crippen molar-refractivity contribution in [3.63, 3.8) is 0 Å². The fraction of sp³-hybridized carbons (Fsp3) is 0.182. The molecule has 0 saturated carbocycles. The summed E-state index contributed by atoms with van der Waals surface area (Å²) in [6.07, 6.45) is 0.132. The number of hydrogen-bond donors (Lipinski definition) is 0. The molecule has 5 rings (SSSR count). The molecule has 0 radical (unpaired) electrons. The molecule has 2 aliphatic rings. The molecule has 0 N–H and O–H groups in total. The minimum Gasteiger partial charge on any atom is -0.454 e. The van der Waals surface area contributed by atoms with Gasteiger partial charge in [0.25, 0.3) is 0 Å². The van der Waals surface area contributed by atoms with E-state index in [0.717, 1.165) is 16.5 Å².